The number of rotatable bonds is 2. The van der Waals surface area contributed by atoms with Crippen molar-refractivity contribution >= 4 is 23.2 Å². The Morgan fingerprint density at radius 3 is 2.23 bits per heavy atom. The summed E-state index contributed by atoms with van der Waals surface area (Å²) in [6, 6.07) is 15.1. The summed E-state index contributed by atoms with van der Waals surface area (Å²) >= 11 is 12.2. The van der Waals surface area contributed by atoms with Gasteiger partial charge in [-0.2, -0.15) is 0 Å². The number of hydrogen-bond acceptors (Lipinski definition) is 1. The van der Waals surface area contributed by atoms with Gasteiger partial charge in [0.25, 0.3) is 0 Å². The van der Waals surface area contributed by atoms with Gasteiger partial charge >= 0.3 is 0 Å². The lowest BCUT2D eigenvalue weighted by atomic mass is 9.77. The first-order valence-electron chi connectivity index (χ1n) is 7.91. The Hall–Kier alpha value is -1.02. The van der Waals surface area contributed by atoms with Gasteiger partial charge < -0.3 is 5.32 Å². The largest absolute Gasteiger partial charge is 0.313 e. The topological polar surface area (TPSA) is 12.0 Å². The average molecular weight is 336 g/mol. The summed E-state index contributed by atoms with van der Waals surface area (Å²) in [5.74, 6) is 0.408. The minimum Gasteiger partial charge on any atom is -0.313 e. The zero-order valence-electron chi connectivity index (χ0n) is 13.4. The molecule has 1 unspecified atom stereocenters. The number of benzene rings is 2. The zero-order valence-corrected chi connectivity index (χ0v) is 14.9. The second kappa shape index (κ2) is 8.01. The third-order valence-electron chi connectivity index (χ3n) is 4.19. The molecule has 3 rings (SSSR count). The molecule has 0 saturated carbocycles. The van der Waals surface area contributed by atoms with Gasteiger partial charge in [-0.3, -0.25) is 0 Å². The Labute approximate surface area is 143 Å². The van der Waals surface area contributed by atoms with Crippen LogP contribution in [0.25, 0.3) is 0 Å². The molecule has 0 heterocycles. The summed E-state index contributed by atoms with van der Waals surface area (Å²) < 4.78 is 0. The van der Waals surface area contributed by atoms with Crippen molar-refractivity contribution in [2.24, 2.45) is 0 Å². The molecule has 0 bridgehead atoms. The van der Waals surface area contributed by atoms with Crippen molar-refractivity contribution in [1.29, 1.82) is 0 Å². The molecule has 2 atom stereocenters. The van der Waals surface area contributed by atoms with Crippen LogP contribution in [0.2, 0.25) is 10.0 Å². The predicted octanol–water partition coefficient (Wildman–Crippen LogP) is 6.21. The quantitative estimate of drug-likeness (QED) is 0.688. The zero-order chi connectivity index (χ0) is 16.1. The molecule has 2 aromatic carbocycles. The van der Waals surface area contributed by atoms with Crippen LogP contribution in [-0.2, 0) is 0 Å². The SMILES string of the molecule is CC.CN[C@@H]1CCC(c2ccc(Cl)c(Cl)c2)c2ccccc21. The molecular weight excluding hydrogens is 313 g/mol. The molecule has 0 spiro atoms. The Kier molecular flexibility index (Phi) is 6.31. The van der Waals surface area contributed by atoms with Crippen LogP contribution >= 0.6 is 23.2 Å². The Bertz CT molecular complexity index is 625. The van der Waals surface area contributed by atoms with Crippen LogP contribution in [0.5, 0.6) is 0 Å². The highest BCUT2D eigenvalue weighted by atomic mass is 35.5. The summed E-state index contributed by atoms with van der Waals surface area (Å²) in [6.07, 6.45) is 2.26. The van der Waals surface area contributed by atoms with E-state index < -0.39 is 0 Å². The maximum Gasteiger partial charge on any atom is 0.0595 e. The van der Waals surface area contributed by atoms with Gasteiger partial charge in [-0.05, 0) is 48.7 Å². The van der Waals surface area contributed by atoms with Crippen LogP contribution in [0.4, 0.5) is 0 Å². The van der Waals surface area contributed by atoms with Crippen LogP contribution in [-0.4, -0.2) is 7.05 Å². The summed E-state index contributed by atoms with van der Waals surface area (Å²) in [4.78, 5) is 0. The molecule has 0 saturated heterocycles. The highest BCUT2D eigenvalue weighted by Gasteiger charge is 2.27. The third-order valence-corrected chi connectivity index (χ3v) is 4.92. The van der Waals surface area contributed by atoms with E-state index in [1.54, 1.807) is 0 Å². The first-order chi connectivity index (χ1) is 10.7. The molecule has 1 aliphatic carbocycles. The standard InChI is InChI=1S/C17H17Cl2N.C2H6/c1-20-17-9-7-12(13-4-2-3-5-14(13)17)11-6-8-15(18)16(19)10-11;1-2/h2-6,8,10,12,17,20H,7,9H2,1H3;1-2H3/t12?,17-;/m1./s1. The fourth-order valence-electron chi connectivity index (χ4n) is 3.17. The minimum atomic E-state index is 0.408. The van der Waals surface area contributed by atoms with Gasteiger partial charge in [0.05, 0.1) is 10.0 Å². The van der Waals surface area contributed by atoms with Gasteiger partial charge in [-0.25, -0.2) is 0 Å². The summed E-state index contributed by atoms with van der Waals surface area (Å²) in [5, 5.41) is 4.66. The number of fused-ring (bicyclic) bond motifs is 1. The summed E-state index contributed by atoms with van der Waals surface area (Å²) in [6.45, 7) is 4.00. The predicted molar refractivity (Wildman–Crippen MR) is 97.1 cm³/mol. The smallest absolute Gasteiger partial charge is 0.0595 e. The molecule has 1 aliphatic rings. The van der Waals surface area contributed by atoms with Crippen LogP contribution in [0.3, 0.4) is 0 Å². The van der Waals surface area contributed by atoms with E-state index in [9.17, 15) is 0 Å². The molecule has 2 aromatic rings. The summed E-state index contributed by atoms with van der Waals surface area (Å²) in [7, 11) is 2.03. The fraction of sp³-hybridized carbons (Fsp3) is 0.368. The summed E-state index contributed by atoms with van der Waals surface area (Å²) in [5.41, 5.74) is 4.05. The van der Waals surface area contributed by atoms with Crippen molar-refractivity contribution in [3.8, 4) is 0 Å². The van der Waals surface area contributed by atoms with Crippen molar-refractivity contribution in [1.82, 2.24) is 5.32 Å². The number of hydrogen-bond donors (Lipinski definition) is 1. The van der Waals surface area contributed by atoms with Crippen molar-refractivity contribution in [3.63, 3.8) is 0 Å². The van der Waals surface area contributed by atoms with Crippen LogP contribution in [0.1, 0.15) is 55.3 Å². The molecule has 1 nitrogen and oxygen atoms in total. The van der Waals surface area contributed by atoms with Crippen molar-refractivity contribution in [2.75, 3.05) is 7.05 Å². The van der Waals surface area contributed by atoms with Gasteiger partial charge in [0.15, 0.2) is 0 Å². The Balaban J connectivity index is 0.000000847. The molecule has 0 radical (unpaired) electrons. The third kappa shape index (κ3) is 3.48. The molecule has 0 aromatic heterocycles. The maximum absolute atomic E-state index is 6.17. The van der Waals surface area contributed by atoms with Gasteiger partial charge in [-0.1, -0.05) is 67.4 Å². The van der Waals surface area contributed by atoms with Crippen molar-refractivity contribution in [3.05, 3.63) is 69.2 Å². The lowest BCUT2D eigenvalue weighted by Gasteiger charge is -2.32. The second-order valence-corrected chi connectivity index (χ2v) is 6.09. The van der Waals surface area contributed by atoms with Crippen molar-refractivity contribution in [2.45, 2.75) is 38.6 Å². The number of halogens is 2. The normalized spacial score (nSPS) is 19.9. The molecule has 0 fully saturated rings. The van der Waals surface area contributed by atoms with Gasteiger partial charge in [0.2, 0.25) is 0 Å². The first kappa shape index (κ1) is 17.3. The monoisotopic (exact) mass is 335 g/mol. The molecular formula is C19H23Cl2N. The van der Waals surface area contributed by atoms with E-state index in [4.69, 9.17) is 23.2 Å². The molecule has 22 heavy (non-hydrogen) atoms. The highest BCUT2D eigenvalue weighted by Crippen LogP contribution is 2.42. The molecule has 0 amide bonds. The van der Waals surface area contributed by atoms with Crippen LogP contribution < -0.4 is 5.32 Å². The van der Waals surface area contributed by atoms with Crippen LogP contribution in [0.15, 0.2) is 42.5 Å². The first-order valence-corrected chi connectivity index (χ1v) is 8.67. The van der Waals surface area contributed by atoms with E-state index in [1.165, 1.54) is 16.7 Å². The lowest BCUT2D eigenvalue weighted by molar-refractivity contribution is 0.471. The second-order valence-electron chi connectivity index (χ2n) is 5.27. The minimum absolute atomic E-state index is 0.408. The lowest BCUT2D eigenvalue weighted by Crippen LogP contribution is -2.24. The van der Waals surface area contributed by atoms with Crippen molar-refractivity contribution < 1.29 is 0 Å². The fourth-order valence-corrected chi connectivity index (χ4v) is 3.47. The number of nitrogens with one attached hydrogen (secondary N) is 1. The maximum atomic E-state index is 6.17. The van der Waals surface area contributed by atoms with E-state index >= 15 is 0 Å². The Morgan fingerprint density at radius 2 is 1.59 bits per heavy atom. The van der Waals surface area contributed by atoms with Gasteiger partial charge in [0, 0.05) is 12.0 Å². The van der Waals surface area contributed by atoms with Crippen LogP contribution in [0, 0.1) is 0 Å². The highest BCUT2D eigenvalue weighted by molar-refractivity contribution is 6.42. The molecule has 3 heteroatoms. The van der Waals surface area contributed by atoms with E-state index in [2.05, 4.69) is 35.6 Å². The van der Waals surface area contributed by atoms with E-state index in [1.807, 2.05) is 33.0 Å². The molecule has 0 aliphatic heterocycles. The molecule has 1 N–H and O–H groups in total. The van der Waals surface area contributed by atoms with E-state index in [0.717, 1.165) is 12.8 Å². The van der Waals surface area contributed by atoms with Gasteiger partial charge in [-0.15, -0.1) is 0 Å². The van der Waals surface area contributed by atoms with E-state index in [0.29, 0.717) is 22.0 Å². The van der Waals surface area contributed by atoms with Gasteiger partial charge in [0.1, 0.15) is 0 Å². The van der Waals surface area contributed by atoms with E-state index in [-0.39, 0.29) is 0 Å². The Morgan fingerprint density at radius 1 is 0.909 bits per heavy atom. The average Bonchev–Trinajstić information content (AvgIpc) is 2.58. The molecule has 118 valence electrons.